The van der Waals surface area contributed by atoms with Gasteiger partial charge in [0, 0.05) is 18.0 Å². The van der Waals surface area contributed by atoms with E-state index in [1.165, 1.54) is 0 Å². The Hall–Kier alpha value is -1.61. The average molecular weight is 272 g/mol. The van der Waals surface area contributed by atoms with Crippen molar-refractivity contribution in [3.8, 4) is 5.75 Å². The van der Waals surface area contributed by atoms with Crippen LogP contribution in [-0.4, -0.2) is 17.6 Å². The first-order chi connectivity index (χ1) is 9.61. The van der Waals surface area contributed by atoms with Gasteiger partial charge < -0.3 is 10.1 Å². The van der Waals surface area contributed by atoms with Crippen LogP contribution < -0.4 is 10.1 Å². The Bertz CT molecular complexity index is 566. The van der Waals surface area contributed by atoms with Crippen LogP contribution in [0.1, 0.15) is 33.4 Å². The maximum Gasteiger partial charge on any atom is 0.130 e. The molecule has 0 aliphatic carbocycles. The summed E-state index contributed by atoms with van der Waals surface area (Å²) in [5.74, 6) is 1.42. The van der Waals surface area contributed by atoms with Crippen molar-refractivity contribution in [3.05, 3.63) is 36.0 Å². The first-order valence-electron chi connectivity index (χ1n) is 7.37. The van der Waals surface area contributed by atoms with Gasteiger partial charge in [-0.1, -0.05) is 32.9 Å². The van der Waals surface area contributed by atoms with Gasteiger partial charge in [0.05, 0.1) is 17.3 Å². The van der Waals surface area contributed by atoms with E-state index in [1.807, 2.05) is 18.2 Å². The molecule has 3 nitrogen and oxygen atoms in total. The van der Waals surface area contributed by atoms with Gasteiger partial charge in [0.2, 0.25) is 0 Å². The lowest BCUT2D eigenvalue weighted by atomic mass is 10.1. The highest BCUT2D eigenvalue weighted by Crippen LogP contribution is 2.27. The van der Waals surface area contributed by atoms with Crippen molar-refractivity contribution in [1.82, 2.24) is 10.3 Å². The fourth-order valence-electron chi connectivity index (χ4n) is 1.97. The van der Waals surface area contributed by atoms with Crippen molar-refractivity contribution in [2.24, 2.45) is 5.92 Å². The van der Waals surface area contributed by atoms with Crippen LogP contribution in [0.4, 0.5) is 0 Å². The molecule has 1 heterocycles. The predicted molar refractivity (Wildman–Crippen MR) is 84.1 cm³/mol. The molecule has 2 rings (SSSR count). The smallest absolute Gasteiger partial charge is 0.130 e. The van der Waals surface area contributed by atoms with Crippen LogP contribution in [0.15, 0.2) is 30.3 Å². The van der Waals surface area contributed by atoms with Crippen LogP contribution in [-0.2, 0) is 6.54 Å². The minimum atomic E-state index is 0.188. The molecular formula is C17H24N2O. The number of aromatic nitrogens is 1. The number of para-hydroxylation sites is 1. The fraction of sp³-hybridized carbons (Fsp3) is 0.471. The zero-order valence-electron chi connectivity index (χ0n) is 12.8. The lowest BCUT2D eigenvalue weighted by Crippen LogP contribution is -2.19. The molecule has 3 heteroatoms. The van der Waals surface area contributed by atoms with Crippen molar-refractivity contribution >= 4 is 10.9 Å². The van der Waals surface area contributed by atoms with E-state index < -0.39 is 0 Å². The number of pyridine rings is 1. The van der Waals surface area contributed by atoms with Crippen LogP contribution in [0.2, 0.25) is 0 Å². The number of nitrogens with one attached hydrogen (secondary N) is 1. The Morgan fingerprint density at radius 1 is 1.20 bits per heavy atom. The molecule has 0 aliphatic heterocycles. The number of hydrogen-bond donors (Lipinski definition) is 1. The van der Waals surface area contributed by atoms with Gasteiger partial charge in [-0.3, -0.25) is 4.98 Å². The standard InChI is InChI=1S/C17H24N2O/c1-5-18-11-14-10-17(20-13(4)12(2)3)15-8-6-7-9-16(15)19-14/h6-10,12-13,18H,5,11H2,1-4H3. The summed E-state index contributed by atoms with van der Waals surface area (Å²) in [6.45, 7) is 10.3. The summed E-state index contributed by atoms with van der Waals surface area (Å²) < 4.78 is 6.14. The lowest BCUT2D eigenvalue weighted by Gasteiger charge is -2.20. The molecule has 1 atom stereocenters. The maximum absolute atomic E-state index is 6.14. The lowest BCUT2D eigenvalue weighted by molar-refractivity contribution is 0.172. The van der Waals surface area contributed by atoms with E-state index in [-0.39, 0.29) is 6.10 Å². The molecule has 1 aromatic carbocycles. The number of nitrogens with zero attached hydrogens (tertiary/aromatic N) is 1. The maximum atomic E-state index is 6.14. The molecule has 0 spiro atoms. The molecule has 0 radical (unpaired) electrons. The molecule has 1 unspecified atom stereocenters. The molecule has 0 saturated carbocycles. The van der Waals surface area contributed by atoms with E-state index in [0.717, 1.165) is 35.4 Å². The van der Waals surface area contributed by atoms with Crippen molar-refractivity contribution in [3.63, 3.8) is 0 Å². The summed E-state index contributed by atoms with van der Waals surface area (Å²) in [6.07, 6.45) is 0.188. The summed E-state index contributed by atoms with van der Waals surface area (Å²) in [7, 11) is 0. The Balaban J connectivity index is 2.38. The highest BCUT2D eigenvalue weighted by Gasteiger charge is 2.12. The van der Waals surface area contributed by atoms with E-state index in [2.05, 4.69) is 50.1 Å². The molecule has 0 saturated heterocycles. The molecule has 0 amide bonds. The number of hydrogen-bond acceptors (Lipinski definition) is 3. The van der Waals surface area contributed by atoms with Crippen molar-refractivity contribution < 1.29 is 4.74 Å². The minimum absolute atomic E-state index is 0.188. The minimum Gasteiger partial charge on any atom is -0.490 e. The summed E-state index contributed by atoms with van der Waals surface area (Å²) in [5.41, 5.74) is 2.02. The van der Waals surface area contributed by atoms with Gasteiger partial charge in [-0.25, -0.2) is 0 Å². The molecule has 1 aromatic heterocycles. The Kier molecular flexibility index (Phi) is 4.96. The fourth-order valence-corrected chi connectivity index (χ4v) is 1.97. The van der Waals surface area contributed by atoms with Gasteiger partial charge in [-0.2, -0.15) is 0 Å². The second-order valence-corrected chi connectivity index (χ2v) is 5.48. The first-order valence-corrected chi connectivity index (χ1v) is 7.37. The number of rotatable bonds is 6. The molecular weight excluding hydrogens is 248 g/mol. The van der Waals surface area contributed by atoms with Gasteiger partial charge in [0.15, 0.2) is 0 Å². The number of fused-ring (bicyclic) bond motifs is 1. The predicted octanol–water partition coefficient (Wildman–Crippen LogP) is 3.77. The van der Waals surface area contributed by atoms with Crippen molar-refractivity contribution in [2.75, 3.05) is 6.54 Å². The highest BCUT2D eigenvalue weighted by atomic mass is 16.5. The second-order valence-electron chi connectivity index (χ2n) is 5.48. The summed E-state index contributed by atoms with van der Waals surface area (Å²) in [5, 5.41) is 4.40. The third kappa shape index (κ3) is 3.48. The molecule has 1 N–H and O–H groups in total. The normalized spacial score (nSPS) is 12.8. The van der Waals surface area contributed by atoms with Crippen LogP contribution in [0.3, 0.4) is 0 Å². The molecule has 2 aromatic rings. The third-order valence-corrected chi connectivity index (χ3v) is 3.54. The third-order valence-electron chi connectivity index (χ3n) is 3.54. The average Bonchev–Trinajstić information content (AvgIpc) is 2.45. The van der Waals surface area contributed by atoms with Crippen molar-refractivity contribution in [2.45, 2.75) is 40.3 Å². The Morgan fingerprint density at radius 3 is 2.65 bits per heavy atom. The second kappa shape index (κ2) is 6.71. The van der Waals surface area contributed by atoms with Crippen molar-refractivity contribution in [1.29, 1.82) is 0 Å². The van der Waals surface area contributed by atoms with Crippen LogP contribution in [0.25, 0.3) is 10.9 Å². The molecule has 0 bridgehead atoms. The van der Waals surface area contributed by atoms with Gasteiger partial charge in [-0.15, -0.1) is 0 Å². The van der Waals surface area contributed by atoms with Gasteiger partial charge in [0.25, 0.3) is 0 Å². The Labute approximate surface area is 121 Å². The van der Waals surface area contributed by atoms with Crippen LogP contribution in [0.5, 0.6) is 5.75 Å². The molecule has 20 heavy (non-hydrogen) atoms. The van der Waals surface area contributed by atoms with Crippen LogP contribution >= 0.6 is 0 Å². The molecule has 108 valence electrons. The Morgan fingerprint density at radius 2 is 1.95 bits per heavy atom. The topological polar surface area (TPSA) is 34.1 Å². The van der Waals surface area contributed by atoms with E-state index in [0.29, 0.717) is 5.92 Å². The zero-order valence-corrected chi connectivity index (χ0v) is 12.8. The highest BCUT2D eigenvalue weighted by molar-refractivity contribution is 5.85. The largest absolute Gasteiger partial charge is 0.490 e. The van der Waals surface area contributed by atoms with E-state index >= 15 is 0 Å². The molecule has 0 aliphatic rings. The van der Waals surface area contributed by atoms with E-state index in [9.17, 15) is 0 Å². The zero-order chi connectivity index (χ0) is 14.5. The van der Waals surface area contributed by atoms with E-state index in [4.69, 9.17) is 4.74 Å². The summed E-state index contributed by atoms with van der Waals surface area (Å²) in [4.78, 5) is 4.68. The SMILES string of the molecule is CCNCc1cc(OC(C)C(C)C)c2ccccc2n1. The number of benzene rings is 1. The monoisotopic (exact) mass is 272 g/mol. The molecule has 0 fully saturated rings. The summed E-state index contributed by atoms with van der Waals surface area (Å²) in [6, 6.07) is 10.2. The first kappa shape index (κ1) is 14.8. The number of ether oxygens (including phenoxy) is 1. The van der Waals surface area contributed by atoms with Gasteiger partial charge >= 0.3 is 0 Å². The van der Waals surface area contributed by atoms with Gasteiger partial charge in [0.1, 0.15) is 5.75 Å². The van der Waals surface area contributed by atoms with Crippen LogP contribution in [0, 0.1) is 5.92 Å². The summed E-state index contributed by atoms with van der Waals surface area (Å²) >= 11 is 0. The van der Waals surface area contributed by atoms with Gasteiger partial charge in [-0.05, 0) is 31.5 Å². The van der Waals surface area contributed by atoms with E-state index in [1.54, 1.807) is 0 Å². The quantitative estimate of drug-likeness (QED) is 0.869.